The van der Waals surface area contributed by atoms with Gasteiger partial charge in [0.15, 0.2) is 11.6 Å². The number of nitrogens with one attached hydrogen (secondary N) is 1. The summed E-state index contributed by atoms with van der Waals surface area (Å²) < 4.78 is 26.5. The van der Waals surface area contributed by atoms with Gasteiger partial charge in [-0.3, -0.25) is 4.79 Å². The Bertz CT molecular complexity index is 425. The standard InChI is InChI=1S/C13H16ClF2NO/c1-3-13(4-2,8-14)17-12(18)9-6-5-7-10(15)11(9)16/h5-7H,3-4,8H2,1-2H3,(H,17,18). The smallest absolute Gasteiger partial charge is 0.254 e. The first kappa shape index (κ1) is 14.9. The van der Waals surface area contributed by atoms with E-state index in [4.69, 9.17) is 11.6 Å². The Labute approximate surface area is 110 Å². The fraction of sp³-hybridized carbons (Fsp3) is 0.462. The lowest BCUT2D eigenvalue weighted by molar-refractivity contribution is 0.0897. The number of hydrogen-bond donors (Lipinski definition) is 1. The van der Waals surface area contributed by atoms with Gasteiger partial charge in [-0.15, -0.1) is 11.6 Å². The second kappa shape index (κ2) is 6.14. The SMILES string of the molecule is CCC(CC)(CCl)NC(=O)c1cccc(F)c1F. The van der Waals surface area contributed by atoms with Crippen molar-refractivity contribution in [3.63, 3.8) is 0 Å². The third-order valence-corrected chi connectivity index (χ3v) is 3.70. The van der Waals surface area contributed by atoms with Crippen molar-refractivity contribution in [3.8, 4) is 0 Å². The van der Waals surface area contributed by atoms with E-state index in [9.17, 15) is 13.6 Å². The molecular weight excluding hydrogens is 260 g/mol. The average molecular weight is 276 g/mol. The van der Waals surface area contributed by atoms with Crippen molar-refractivity contribution >= 4 is 17.5 Å². The summed E-state index contributed by atoms with van der Waals surface area (Å²) in [5, 5.41) is 2.69. The van der Waals surface area contributed by atoms with E-state index in [0.717, 1.165) is 6.07 Å². The van der Waals surface area contributed by atoms with Crippen LogP contribution < -0.4 is 5.32 Å². The monoisotopic (exact) mass is 275 g/mol. The molecule has 100 valence electrons. The van der Waals surface area contributed by atoms with Gasteiger partial charge in [0.05, 0.1) is 11.1 Å². The van der Waals surface area contributed by atoms with Gasteiger partial charge in [-0.2, -0.15) is 0 Å². The number of amides is 1. The topological polar surface area (TPSA) is 29.1 Å². The fourth-order valence-corrected chi connectivity index (χ4v) is 2.08. The first-order chi connectivity index (χ1) is 8.49. The van der Waals surface area contributed by atoms with Crippen LogP contribution >= 0.6 is 11.6 Å². The van der Waals surface area contributed by atoms with Gasteiger partial charge in [0.2, 0.25) is 0 Å². The van der Waals surface area contributed by atoms with E-state index < -0.39 is 23.1 Å². The van der Waals surface area contributed by atoms with Gasteiger partial charge in [0, 0.05) is 5.88 Å². The Morgan fingerprint density at radius 3 is 2.44 bits per heavy atom. The summed E-state index contributed by atoms with van der Waals surface area (Å²) in [4.78, 5) is 11.9. The zero-order valence-electron chi connectivity index (χ0n) is 10.4. The summed E-state index contributed by atoms with van der Waals surface area (Å²) in [7, 11) is 0. The van der Waals surface area contributed by atoms with E-state index in [1.165, 1.54) is 12.1 Å². The summed E-state index contributed by atoms with van der Waals surface area (Å²) >= 11 is 5.84. The number of carbonyl (C=O) groups excluding carboxylic acids is 1. The number of rotatable bonds is 5. The first-order valence-electron chi connectivity index (χ1n) is 5.82. The molecule has 1 rings (SSSR count). The van der Waals surface area contributed by atoms with Crippen LogP contribution in [0.5, 0.6) is 0 Å². The maximum absolute atomic E-state index is 13.5. The van der Waals surface area contributed by atoms with Gasteiger partial charge < -0.3 is 5.32 Å². The van der Waals surface area contributed by atoms with Crippen LogP contribution in [-0.4, -0.2) is 17.3 Å². The molecule has 1 aromatic rings. The number of hydrogen-bond acceptors (Lipinski definition) is 1. The Morgan fingerprint density at radius 1 is 1.33 bits per heavy atom. The van der Waals surface area contributed by atoms with Gasteiger partial charge in [0.1, 0.15) is 0 Å². The van der Waals surface area contributed by atoms with Crippen molar-refractivity contribution in [1.82, 2.24) is 5.32 Å². The van der Waals surface area contributed by atoms with Crippen LogP contribution in [0.1, 0.15) is 37.0 Å². The van der Waals surface area contributed by atoms with Crippen molar-refractivity contribution in [3.05, 3.63) is 35.4 Å². The zero-order chi connectivity index (χ0) is 13.8. The lowest BCUT2D eigenvalue weighted by Gasteiger charge is -2.30. The van der Waals surface area contributed by atoms with Gasteiger partial charge in [0.25, 0.3) is 5.91 Å². The van der Waals surface area contributed by atoms with Crippen molar-refractivity contribution in [2.45, 2.75) is 32.2 Å². The third-order valence-electron chi connectivity index (χ3n) is 3.18. The Kier molecular flexibility index (Phi) is 5.08. The highest BCUT2D eigenvalue weighted by Crippen LogP contribution is 2.19. The normalized spacial score (nSPS) is 11.4. The van der Waals surface area contributed by atoms with E-state index in [1.54, 1.807) is 0 Å². The van der Waals surface area contributed by atoms with E-state index in [1.807, 2.05) is 13.8 Å². The molecule has 2 nitrogen and oxygen atoms in total. The highest BCUT2D eigenvalue weighted by molar-refractivity contribution is 6.19. The van der Waals surface area contributed by atoms with Gasteiger partial charge in [-0.1, -0.05) is 19.9 Å². The predicted molar refractivity (Wildman–Crippen MR) is 67.9 cm³/mol. The molecule has 18 heavy (non-hydrogen) atoms. The summed E-state index contributed by atoms with van der Waals surface area (Å²) in [6.45, 7) is 3.77. The number of halogens is 3. The highest BCUT2D eigenvalue weighted by Gasteiger charge is 2.28. The molecule has 0 aromatic heterocycles. The van der Waals surface area contributed by atoms with Crippen LogP contribution in [0.2, 0.25) is 0 Å². The summed E-state index contributed by atoms with van der Waals surface area (Å²) in [6.07, 6.45) is 1.24. The van der Waals surface area contributed by atoms with E-state index in [0.29, 0.717) is 12.8 Å². The molecular formula is C13H16ClF2NO. The first-order valence-corrected chi connectivity index (χ1v) is 6.35. The molecule has 1 N–H and O–H groups in total. The molecule has 0 bridgehead atoms. The fourth-order valence-electron chi connectivity index (χ4n) is 1.64. The molecule has 0 radical (unpaired) electrons. The second-order valence-corrected chi connectivity index (χ2v) is 4.44. The third kappa shape index (κ3) is 2.99. The Morgan fingerprint density at radius 2 is 1.94 bits per heavy atom. The summed E-state index contributed by atoms with van der Waals surface area (Å²) in [5.41, 5.74) is -0.886. The molecule has 0 saturated heterocycles. The van der Waals surface area contributed by atoms with Crippen LogP contribution in [0.25, 0.3) is 0 Å². The van der Waals surface area contributed by atoms with Crippen LogP contribution in [0, 0.1) is 11.6 Å². The maximum atomic E-state index is 13.5. The minimum atomic E-state index is -1.13. The minimum absolute atomic E-state index is 0.225. The van der Waals surface area contributed by atoms with Gasteiger partial charge in [-0.05, 0) is 25.0 Å². The van der Waals surface area contributed by atoms with E-state index >= 15 is 0 Å². The molecule has 0 aliphatic rings. The van der Waals surface area contributed by atoms with Crippen molar-refractivity contribution in [2.24, 2.45) is 0 Å². The lowest BCUT2D eigenvalue weighted by atomic mass is 9.94. The molecule has 5 heteroatoms. The van der Waals surface area contributed by atoms with Crippen LogP contribution in [0.4, 0.5) is 8.78 Å². The van der Waals surface area contributed by atoms with Crippen molar-refractivity contribution in [2.75, 3.05) is 5.88 Å². The van der Waals surface area contributed by atoms with Crippen LogP contribution in [0.3, 0.4) is 0 Å². The highest BCUT2D eigenvalue weighted by atomic mass is 35.5. The van der Waals surface area contributed by atoms with Gasteiger partial charge in [-0.25, -0.2) is 8.78 Å². The van der Waals surface area contributed by atoms with Crippen LogP contribution in [0.15, 0.2) is 18.2 Å². The van der Waals surface area contributed by atoms with Gasteiger partial charge >= 0.3 is 0 Å². The van der Waals surface area contributed by atoms with Crippen LogP contribution in [-0.2, 0) is 0 Å². The molecule has 1 amide bonds. The average Bonchev–Trinajstić information content (AvgIpc) is 2.39. The number of benzene rings is 1. The Balaban J connectivity index is 2.98. The Hall–Kier alpha value is -1.16. The molecule has 0 saturated carbocycles. The van der Waals surface area contributed by atoms with Crippen molar-refractivity contribution < 1.29 is 13.6 Å². The summed E-state index contributed by atoms with van der Waals surface area (Å²) in [5.74, 6) is -2.59. The molecule has 1 aromatic carbocycles. The molecule has 0 fully saturated rings. The largest absolute Gasteiger partial charge is 0.345 e. The molecule has 0 aliphatic carbocycles. The van der Waals surface area contributed by atoms with E-state index in [-0.39, 0.29) is 11.4 Å². The molecule has 0 atom stereocenters. The predicted octanol–water partition coefficient (Wildman–Crippen LogP) is 3.49. The minimum Gasteiger partial charge on any atom is -0.345 e. The lowest BCUT2D eigenvalue weighted by Crippen LogP contribution is -2.49. The molecule has 0 heterocycles. The molecule has 0 unspecified atom stereocenters. The number of alkyl halides is 1. The number of carbonyl (C=O) groups is 1. The van der Waals surface area contributed by atoms with Crippen molar-refractivity contribution in [1.29, 1.82) is 0 Å². The van der Waals surface area contributed by atoms with E-state index in [2.05, 4.69) is 5.32 Å². The zero-order valence-corrected chi connectivity index (χ0v) is 11.2. The quantitative estimate of drug-likeness (QED) is 0.819. The maximum Gasteiger partial charge on any atom is 0.254 e. The second-order valence-electron chi connectivity index (χ2n) is 4.18. The molecule has 0 aliphatic heterocycles. The summed E-state index contributed by atoms with van der Waals surface area (Å²) in [6, 6.07) is 3.52. The molecule has 0 spiro atoms.